The molecule has 2 atom stereocenters. The molecule has 1 aromatic rings. The van der Waals surface area contributed by atoms with Crippen LogP contribution in [0.1, 0.15) is 18.4 Å². The van der Waals surface area contributed by atoms with Crippen LogP contribution in [0.25, 0.3) is 0 Å². The smallest absolute Gasteiger partial charge is 0.0497 e. The maximum atomic E-state index is 9.59. The number of aliphatic hydroxyl groups excluding tert-OH is 1. The summed E-state index contributed by atoms with van der Waals surface area (Å²) in [5.74, 6) is 0. The van der Waals surface area contributed by atoms with Crippen LogP contribution in [-0.2, 0) is 5.41 Å². The largest absolute Gasteiger partial charge is 0.396 e. The molecule has 2 heteroatoms. The molecule has 1 aliphatic heterocycles. The second-order valence-electron chi connectivity index (χ2n) is 4.99. The molecular weight excluding hydrogens is 186 g/mol. The van der Waals surface area contributed by atoms with Gasteiger partial charge in [-0.05, 0) is 24.9 Å². The summed E-state index contributed by atoms with van der Waals surface area (Å²) in [6.07, 6.45) is 2.26. The first-order valence-corrected chi connectivity index (χ1v) is 5.70. The molecule has 0 bridgehead atoms. The lowest BCUT2D eigenvalue weighted by Gasteiger charge is -2.30. The van der Waals surface area contributed by atoms with Gasteiger partial charge in [0.25, 0.3) is 0 Å². The fraction of sp³-hybridized carbons (Fsp3) is 0.538. The molecule has 2 aliphatic rings. The van der Waals surface area contributed by atoms with Crippen LogP contribution in [-0.4, -0.2) is 24.8 Å². The van der Waals surface area contributed by atoms with Gasteiger partial charge < -0.3 is 10.4 Å². The second-order valence-corrected chi connectivity index (χ2v) is 4.99. The molecule has 2 nitrogen and oxygen atoms in total. The van der Waals surface area contributed by atoms with Crippen LogP contribution < -0.4 is 5.32 Å². The average Bonchev–Trinajstić information content (AvgIpc) is 3.01. The summed E-state index contributed by atoms with van der Waals surface area (Å²) >= 11 is 0. The normalized spacial score (nSPS) is 38.5. The van der Waals surface area contributed by atoms with Gasteiger partial charge in [-0.1, -0.05) is 30.3 Å². The van der Waals surface area contributed by atoms with E-state index >= 15 is 0 Å². The van der Waals surface area contributed by atoms with Gasteiger partial charge in [0.05, 0.1) is 0 Å². The SMILES string of the molecule is OC[C@@]12CCNC[C@]1(c1ccccc1)C2. The molecule has 2 N–H and O–H groups in total. The molecule has 0 aromatic heterocycles. The first-order chi connectivity index (χ1) is 7.33. The maximum absolute atomic E-state index is 9.59. The van der Waals surface area contributed by atoms with Gasteiger partial charge in [-0.25, -0.2) is 0 Å². The van der Waals surface area contributed by atoms with E-state index in [1.165, 1.54) is 5.56 Å². The highest BCUT2D eigenvalue weighted by atomic mass is 16.3. The van der Waals surface area contributed by atoms with Gasteiger partial charge in [0.15, 0.2) is 0 Å². The van der Waals surface area contributed by atoms with Gasteiger partial charge in [0.1, 0.15) is 0 Å². The van der Waals surface area contributed by atoms with E-state index in [0.717, 1.165) is 25.9 Å². The Hall–Kier alpha value is -0.860. The number of piperidine rings is 1. The van der Waals surface area contributed by atoms with Crippen LogP contribution in [0, 0.1) is 5.41 Å². The Morgan fingerprint density at radius 2 is 2.07 bits per heavy atom. The molecule has 0 unspecified atom stereocenters. The molecule has 2 fully saturated rings. The molecule has 1 saturated heterocycles. The van der Waals surface area contributed by atoms with Crippen LogP contribution in [0.5, 0.6) is 0 Å². The zero-order chi connectivity index (χ0) is 10.4. The van der Waals surface area contributed by atoms with Gasteiger partial charge in [-0.15, -0.1) is 0 Å². The van der Waals surface area contributed by atoms with E-state index in [-0.39, 0.29) is 10.8 Å². The molecule has 80 valence electrons. The Labute approximate surface area is 90.3 Å². The molecule has 3 rings (SSSR count). The van der Waals surface area contributed by atoms with E-state index in [1.54, 1.807) is 0 Å². The van der Waals surface area contributed by atoms with Crippen molar-refractivity contribution in [1.29, 1.82) is 0 Å². The Morgan fingerprint density at radius 1 is 1.27 bits per heavy atom. The van der Waals surface area contributed by atoms with Gasteiger partial charge in [0, 0.05) is 24.0 Å². The number of rotatable bonds is 2. The number of fused-ring (bicyclic) bond motifs is 1. The number of hydrogen-bond donors (Lipinski definition) is 2. The molecule has 1 aromatic carbocycles. The summed E-state index contributed by atoms with van der Waals surface area (Å²) in [4.78, 5) is 0. The minimum atomic E-state index is 0.180. The molecule has 1 aliphatic carbocycles. The summed E-state index contributed by atoms with van der Waals surface area (Å²) in [6.45, 7) is 2.41. The first kappa shape index (κ1) is 9.37. The van der Waals surface area contributed by atoms with Crippen molar-refractivity contribution in [3.05, 3.63) is 35.9 Å². The summed E-state index contributed by atoms with van der Waals surface area (Å²) < 4.78 is 0. The highest BCUT2D eigenvalue weighted by molar-refractivity contribution is 5.40. The van der Waals surface area contributed by atoms with Crippen molar-refractivity contribution in [2.75, 3.05) is 19.7 Å². The summed E-state index contributed by atoms with van der Waals surface area (Å²) in [6, 6.07) is 10.6. The maximum Gasteiger partial charge on any atom is 0.0497 e. The second kappa shape index (κ2) is 3.06. The topological polar surface area (TPSA) is 32.3 Å². The third kappa shape index (κ3) is 1.12. The highest BCUT2D eigenvalue weighted by Crippen LogP contribution is 2.67. The van der Waals surface area contributed by atoms with E-state index in [1.807, 2.05) is 0 Å². The van der Waals surface area contributed by atoms with Crippen LogP contribution in [0.4, 0.5) is 0 Å². The number of aliphatic hydroxyl groups is 1. The summed E-state index contributed by atoms with van der Waals surface area (Å²) in [5.41, 5.74) is 1.80. The van der Waals surface area contributed by atoms with Crippen molar-refractivity contribution in [2.45, 2.75) is 18.3 Å². The third-order valence-corrected chi connectivity index (χ3v) is 4.37. The van der Waals surface area contributed by atoms with Crippen LogP contribution in [0.15, 0.2) is 30.3 Å². The van der Waals surface area contributed by atoms with Crippen molar-refractivity contribution in [1.82, 2.24) is 5.32 Å². The summed E-state index contributed by atoms with van der Waals surface area (Å²) in [7, 11) is 0. The van der Waals surface area contributed by atoms with Crippen molar-refractivity contribution < 1.29 is 5.11 Å². The fourth-order valence-electron chi connectivity index (χ4n) is 3.29. The average molecular weight is 203 g/mol. The monoisotopic (exact) mass is 203 g/mol. The van der Waals surface area contributed by atoms with Gasteiger partial charge in [-0.2, -0.15) is 0 Å². The molecular formula is C13H17NO. The Balaban J connectivity index is 1.99. The molecule has 0 radical (unpaired) electrons. The van der Waals surface area contributed by atoms with E-state index in [0.29, 0.717) is 6.61 Å². The fourth-order valence-corrected chi connectivity index (χ4v) is 3.29. The van der Waals surface area contributed by atoms with Crippen LogP contribution in [0.3, 0.4) is 0 Å². The number of hydrogen-bond acceptors (Lipinski definition) is 2. The Bertz CT molecular complexity index is 364. The summed E-state index contributed by atoms with van der Waals surface area (Å²) in [5, 5.41) is 13.1. The first-order valence-electron chi connectivity index (χ1n) is 5.70. The van der Waals surface area contributed by atoms with Crippen LogP contribution in [0.2, 0.25) is 0 Å². The minimum Gasteiger partial charge on any atom is -0.396 e. The van der Waals surface area contributed by atoms with Gasteiger partial charge in [-0.3, -0.25) is 0 Å². The van der Waals surface area contributed by atoms with Crippen molar-refractivity contribution in [2.24, 2.45) is 5.41 Å². The molecule has 0 amide bonds. The predicted octanol–water partition coefficient (Wildman–Crippen LogP) is 1.30. The zero-order valence-electron chi connectivity index (χ0n) is 8.87. The number of nitrogens with one attached hydrogen (secondary N) is 1. The third-order valence-electron chi connectivity index (χ3n) is 4.37. The van der Waals surface area contributed by atoms with Crippen molar-refractivity contribution >= 4 is 0 Å². The standard InChI is InChI=1S/C13H17NO/c15-10-12-6-7-14-9-13(12,8-12)11-4-2-1-3-5-11/h1-5,14-15H,6-10H2/t12-,13-/m0/s1. The van der Waals surface area contributed by atoms with E-state index < -0.39 is 0 Å². The van der Waals surface area contributed by atoms with E-state index in [4.69, 9.17) is 0 Å². The van der Waals surface area contributed by atoms with Gasteiger partial charge in [0.2, 0.25) is 0 Å². The van der Waals surface area contributed by atoms with Crippen molar-refractivity contribution in [3.63, 3.8) is 0 Å². The Morgan fingerprint density at radius 3 is 2.80 bits per heavy atom. The molecule has 0 spiro atoms. The lowest BCUT2D eigenvalue weighted by Crippen LogP contribution is -2.40. The van der Waals surface area contributed by atoms with Crippen molar-refractivity contribution in [3.8, 4) is 0 Å². The number of benzene rings is 1. The van der Waals surface area contributed by atoms with Gasteiger partial charge >= 0.3 is 0 Å². The highest BCUT2D eigenvalue weighted by Gasteiger charge is 2.67. The molecule has 15 heavy (non-hydrogen) atoms. The lowest BCUT2D eigenvalue weighted by molar-refractivity contribution is 0.165. The predicted molar refractivity (Wildman–Crippen MR) is 59.7 cm³/mol. The minimum absolute atomic E-state index is 0.180. The van der Waals surface area contributed by atoms with E-state index in [9.17, 15) is 5.11 Å². The Kier molecular flexibility index (Phi) is 1.91. The van der Waals surface area contributed by atoms with E-state index in [2.05, 4.69) is 35.6 Å². The zero-order valence-corrected chi connectivity index (χ0v) is 8.87. The molecule has 1 saturated carbocycles. The molecule has 1 heterocycles. The lowest BCUT2D eigenvalue weighted by atomic mass is 9.82. The quantitative estimate of drug-likeness (QED) is 0.759. The van der Waals surface area contributed by atoms with Crippen LogP contribution >= 0.6 is 0 Å².